The Morgan fingerprint density at radius 2 is 1.41 bits per heavy atom. The average molecular weight is 373 g/mol. The van der Waals surface area contributed by atoms with Gasteiger partial charge in [-0.15, -0.1) is 13.2 Å². The first kappa shape index (κ1) is 23.0. The summed E-state index contributed by atoms with van der Waals surface area (Å²) in [6, 6.07) is 1.62. The molecule has 1 aromatic carbocycles. The molecular formula is C24H36O3. The maximum absolute atomic E-state index is 10.6. The van der Waals surface area contributed by atoms with E-state index in [-0.39, 0.29) is 11.5 Å². The molecule has 27 heavy (non-hydrogen) atoms. The molecule has 3 nitrogen and oxygen atoms in total. The van der Waals surface area contributed by atoms with Gasteiger partial charge >= 0.3 is 0 Å². The van der Waals surface area contributed by atoms with Crippen LogP contribution in [0.5, 0.6) is 11.5 Å². The Kier molecular flexibility index (Phi) is 12.0. The molecule has 3 N–H and O–H groups in total. The van der Waals surface area contributed by atoms with Crippen LogP contribution in [0.15, 0.2) is 37.5 Å². The number of benzene rings is 1. The second-order valence-electron chi connectivity index (χ2n) is 7.02. The summed E-state index contributed by atoms with van der Waals surface area (Å²) in [6.07, 6.45) is 18.8. The van der Waals surface area contributed by atoms with Crippen molar-refractivity contribution in [3.63, 3.8) is 0 Å². The van der Waals surface area contributed by atoms with E-state index in [9.17, 15) is 10.2 Å². The molecule has 0 aromatic heterocycles. The van der Waals surface area contributed by atoms with Crippen LogP contribution in [0.1, 0.15) is 74.5 Å². The van der Waals surface area contributed by atoms with Crippen molar-refractivity contribution in [1.29, 1.82) is 0 Å². The average Bonchev–Trinajstić information content (AvgIpc) is 2.66. The van der Waals surface area contributed by atoms with Crippen molar-refractivity contribution in [1.82, 2.24) is 0 Å². The van der Waals surface area contributed by atoms with Gasteiger partial charge < -0.3 is 15.3 Å². The third kappa shape index (κ3) is 8.49. The molecule has 0 amide bonds. The van der Waals surface area contributed by atoms with E-state index in [1.807, 2.05) is 6.08 Å². The maximum atomic E-state index is 10.6. The zero-order chi connectivity index (χ0) is 19.9. The van der Waals surface area contributed by atoms with E-state index in [1.165, 1.54) is 32.1 Å². The summed E-state index contributed by atoms with van der Waals surface area (Å²) < 4.78 is 0. The first-order chi connectivity index (χ1) is 13.2. The lowest BCUT2D eigenvalue weighted by Crippen LogP contribution is -1.94. The van der Waals surface area contributed by atoms with E-state index >= 15 is 0 Å². The number of rotatable bonds is 15. The van der Waals surface area contributed by atoms with E-state index in [2.05, 4.69) is 19.2 Å². The molecule has 0 fully saturated rings. The largest absolute Gasteiger partial charge is 0.508 e. The van der Waals surface area contributed by atoms with E-state index in [0.29, 0.717) is 30.6 Å². The Bertz CT molecular complexity index is 602. The number of hydrogen-bond acceptors (Lipinski definition) is 3. The highest BCUT2D eigenvalue weighted by Gasteiger charge is 2.14. The monoisotopic (exact) mass is 372 g/mol. The molecule has 3 heteroatoms. The SMILES string of the molecule is C=CCc1cc(O)c(CC=C)c(C=CCCCCCCCCCCO)c1O. The van der Waals surface area contributed by atoms with Gasteiger partial charge in [0.1, 0.15) is 11.5 Å². The van der Waals surface area contributed by atoms with Gasteiger partial charge in [-0.05, 0) is 38.2 Å². The Balaban J connectivity index is 2.51. The fourth-order valence-electron chi connectivity index (χ4n) is 3.26. The van der Waals surface area contributed by atoms with Gasteiger partial charge in [0.15, 0.2) is 0 Å². The van der Waals surface area contributed by atoms with E-state index in [1.54, 1.807) is 18.2 Å². The molecule has 0 radical (unpaired) electrons. The summed E-state index contributed by atoms with van der Waals surface area (Å²) >= 11 is 0. The van der Waals surface area contributed by atoms with Gasteiger partial charge in [-0.1, -0.05) is 62.8 Å². The Morgan fingerprint density at radius 1 is 0.815 bits per heavy atom. The molecule has 0 saturated carbocycles. The van der Waals surface area contributed by atoms with Gasteiger partial charge in [-0.25, -0.2) is 0 Å². The van der Waals surface area contributed by atoms with Crippen molar-refractivity contribution in [2.24, 2.45) is 0 Å². The van der Waals surface area contributed by atoms with E-state index in [4.69, 9.17) is 5.11 Å². The molecule has 0 aliphatic heterocycles. The zero-order valence-corrected chi connectivity index (χ0v) is 16.6. The topological polar surface area (TPSA) is 60.7 Å². The number of aliphatic hydroxyl groups is 1. The summed E-state index contributed by atoms with van der Waals surface area (Å²) in [5, 5.41) is 29.6. The van der Waals surface area contributed by atoms with Gasteiger partial charge in [-0.2, -0.15) is 0 Å². The molecular weight excluding hydrogens is 336 g/mol. The minimum Gasteiger partial charge on any atom is -0.508 e. The fourth-order valence-corrected chi connectivity index (χ4v) is 3.26. The van der Waals surface area contributed by atoms with Crippen molar-refractivity contribution >= 4 is 6.08 Å². The quantitative estimate of drug-likeness (QED) is 0.199. The lowest BCUT2D eigenvalue weighted by atomic mass is 9.96. The number of unbranched alkanes of at least 4 members (excludes halogenated alkanes) is 8. The third-order valence-corrected chi connectivity index (χ3v) is 4.78. The molecule has 150 valence electrons. The lowest BCUT2D eigenvalue weighted by molar-refractivity contribution is 0.282. The highest BCUT2D eigenvalue weighted by Crippen LogP contribution is 2.35. The predicted molar refractivity (Wildman–Crippen MR) is 115 cm³/mol. The molecule has 0 bridgehead atoms. The number of aliphatic hydroxyl groups excluding tert-OH is 1. The predicted octanol–water partition coefficient (Wildman–Crippen LogP) is 6.07. The highest BCUT2D eigenvalue weighted by atomic mass is 16.3. The number of phenols is 2. The molecule has 0 spiro atoms. The minimum absolute atomic E-state index is 0.199. The third-order valence-electron chi connectivity index (χ3n) is 4.78. The van der Waals surface area contributed by atoms with Crippen LogP contribution in [0.2, 0.25) is 0 Å². The van der Waals surface area contributed by atoms with Crippen LogP contribution in [0.4, 0.5) is 0 Å². The van der Waals surface area contributed by atoms with Crippen LogP contribution < -0.4 is 0 Å². The van der Waals surface area contributed by atoms with Crippen molar-refractivity contribution < 1.29 is 15.3 Å². The van der Waals surface area contributed by atoms with Crippen molar-refractivity contribution in [3.8, 4) is 11.5 Å². The molecule has 0 saturated heterocycles. The lowest BCUT2D eigenvalue weighted by Gasteiger charge is -2.13. The molecule has 0 atom stereocenters. The summed E-state index contributed by atoms with van der Waals surface area (Å²) in [6.45, 7) is 7.76. The van der Waals surface area contributed by atoms with Crippen LogP contribution in [0, 0.1) is 0 Å². The number of phenolic OH excluding ortho intramolecular Hbond substituents is 2. The number of hydrogen-bond donors (Lipinski definition) is 3. The first-order valence-electron chi connectivity index (χ1n) is 10.2. The normalized spacial score (nSPS) is 11.1. The first-order valence-corrected chi connectivity index (χ1v) is 10.2. The molecule has 0 heterocycles. The Hall–Kier alpha value is -2.00. The fraction of sp³-hybridized carbons (Fsp3) is 0.500. The number of allylic oxidation sites excluding steroid dienone is 3. The minimum atomic E-state index is 0.199. The standard InChI is InChI=1S/C24H36O3/c1-3-15-20-19-23(26)21(16-4-2)22(24(20)27)17-13-11-9-7-5-6-8-10-12-14-18-25/h3-4,13,17,19,25-27H,1-2,5-12,14-16,18H2. The molecule has 1 rings (SSSR count). The zero-order valence-electron chi connectivity index (χ0n) is 16.6. The second-order valence-corrected chi connectivity index (χ2v) is 7.02. The van der Waals surface area contributed by atoms with Crippen LogP contribution in [0.25, 0.3) is 6.08 Å². The molecule has 0 aliphatic rings. The summed E-state index contributed by atoms with van der Waals surface area (Å²) in [4.78, 5) is 0. The van der Waals surface area contributed by atoms with E-state index in [0.717, 1.165) is 31.2 Å². The van der Waals surface area contributed by atoms with Gasteiger partial charge in [-0.3, -0.25) is 0 Å². The van der Waals surface area contributed by atoms with Crippen molar-refractivity contribution in [3.05, 3.63) is 54.1 Å². The Labute approximate surface area is 164 Å². The van der Waals surface area contributed by atoms with E-state index < -0.39 is 0 Å². The smallest absolute Gasteiger partial charge is 0.126 e. The molecule has 0 aliphatic carbocycles. The highest BCUT2D eigenvalue weighted by molar-refractivity contribution is 5.67. The summed E-state index contributed by atoms with van der Waals surface area (Å²) in [5.41, 5.74) is 2.10. The molecule has 0 unspecified atom stereocenters. The maximum Gasteiger partial charge on any atom is 0.126 e. The van der Waals surface area contributed by atoms with Gasteiger partial charge in [0.05, 0.1) is 0 Å². The Morgan fingerprint density at radius 3 is 2.00 bits per heavy atom. The van der Waals surface area contributed by atoms with Crippen LogP contribution in [-0.4, -0.2) is 21.9 Å². The number of aromatic hydroxyl groups is 2. The van der Waals surface area contributed by atoms with Crippen molar-refractivity contribution in [2.45, 2.75) is 70.6 Å². The second kappa shape index (κ2) is 14.1. The summed E-state index contributed by atoms with van der Waals surface area (Å²) in [7, 11) is 0. The molecule has 1 aromatic rings. The van der Waals surface area contributed by atoms with Gasteiger partial charge in [0.2, 0.25) is 0 Å². The van der Waals surface area contributed by atoms with Crippen molar-refractivity contribution in [2.75, 3.05) is 6.61 Å². The van der Waals surface area contributed by atoms with Gasteiger partial charge in [0.25, 0.3) is 0 Å². The van der Waals surface area contributed by atoms with Crippen LogP contribution >= 0.6 is 0 Å². The van der Waals surface area contributed by atoms with Gasteiger partial charge in [0, 0.05) is 23.3 Å². The summed E-state index contributed by atoms with van der Waals surface area (Å²) in [5.74, 6) is 0.425. The van der Waals surface area contributed by atoms with Crippen LogP contribution in [-0.2, 0) is 12.8 Å². The van der Waals surface area contributed by atoms with Crippen LogP contribution in [0.3, 0.4) is 0 Å².